The number of hydrogen-bond acceptors (Lipinski definition) is 2. The summed E-state index contributed by atoms with van der Waals surface area (Å²) in [5, 5.41) is 8.46. The van der Waals surface area contributed by atoms with Crippen LogP contribution in [0, 0.1) is 13.8 Å². The third kappa shape index (κ3) is 4.03. The molecule has 16 heavy (non-hydrogen) atoms. The van der Waals surface area contributed by atoms with Crippen molar-refractivity contribution in [3.63, 3.8) is 0 Å². The summed E-state index contributed by atoms with van der Waals surface area (Å²) in [6.07, 6.45) is 0.743. The van der Waals surface area contributed by atoms with E-state index in [0.717, 1.165) is 0 Å². The Morgan fingerprint density at radius 2 is 1.94 bits per heavy atom. The fourth-order valence-corrected chi connectivity index (χ4v) is 1.58. The molecule has 0 aromatic heterocycles. The molecule has 0 aliphatic heterocycles. The fraction of sp³-hybridized carbons (Fsp3) is 0.462. The van der Waals surface area contributed by atoms with Crippen LogP contribution in [-0.4, -0.2) is 17.7 Å². The Morgan fingerprint density at radius 3 is 2.50 bits per heavy atom. The fourth-order valence-electron chi connectivity index (χ4n) is 1.58. The third-order valence-electron chi connectivity index (χ3n) is 2.57. The number of benzene rings is 1. The molecule has 0 aliphatic rings. The number of carbonyl (C=O) groups is 1. The van der Waals surface area contributed by atoms with Crippen molar-refractivity contribution in [3.8, 4) is 0 Å². The molecule has 1 aromatic rings. The van der Waals surface area contributed by atoms with E-state index in [1.807, 2.05) is 6.07 Å². The molecular formula is C13H18O3. The predicted octanol–water partition coefficient (Wildman–Crippen LogP) is 2.68. The first-order chi connectivity index (χ1) is 7.61. The van der Waals surface area contributed by atoms with Gasteiger partial charge in [-0.15, -0.1) is 0 Å². The van der Waals surface area contributed by atoms with Gasteiger partial charge in [0.2, 0.25) is 0 Å². The van der Waals surface area contributed by atoms with Gasteiger partial charge in [-0.05, 0) is 37.0 Å². The van der Waals surface area contributed by atoms with Gasteiger partial charge in [-0.2, -0.15) is 0 Å². The molecule has 0 aliphatic carbocycles. The molecule has 0 bridgehead atoms. The summed E-state index contributed by atoms with van der Waals surface area (Å²) in [6.45, 7) is 5.18. The highest BCUT2D eigenvalue weighted by Gasteiger charge is 2.02. The van der Waals surface area contributed by atoms with Crippen LogP contribution >= 0.6 is 0 Å². The monoisotopic (exact) mass is 222 g/mol. The molecule has 0 fully saturated rings. The Balaban J connectivity index is 2.34. The first-order valence-electron chi connectivity index (χ1n) is 5.46. The van der Waals surface area contributed by atoms with Gasteiger partial charge < -0.3 is 9.84 Å². The first kappa shape index (κ1) is 12.7. The van der Waals surface area contributed by atoms with Crippen LogP contribution in [0.4, 0.5) is 0 Å². The lowest BCUT2D eigenvalue weighted by Crippen LogP contribution is -2.02. The summed E-state index contributed by atoms with van der Waals surface area (Å²) < 4.78 is 5.47. The molecule has 1 N–H and O–H groups in total. The average molecular weight is 222 g/mol. The van der Waals surface area contributed by atoms with Crippen LogP contribution in [0.2, 0.25) is 0 Å². The summed E-state index contributed by atoms with van der Waals surface area (Å²) in [4.78, 5) is 10.3. The molecule has 88 valence electrons. The van der Waals surface area contributed by atoms with Gasteiger partial charge >= 0.3 is 5.97 Å². The standard InChI is InChI=1S/C13H18O3/c1-10-5-3-6-11(2)12(10)9-16-8-4-7-13(14)15/h3,5-6H,4,7-9H2,1-2H3,(H,14,15). The van der Waals surface area contributed by atoms with Crippen LogP contribution in [0.1, 0.15) is 29.5 Å². The topological polar surface area (TPSA) is 46.5 Å². The second-order valence-electron chi connectivity index (χ2n) is 3.92. The minimum Gasteiger partial charge on any atom is -0.481 e. The normalized spacial score (nSPS) is 10.4. The number of hydrogen-bond donors (Lipinski definition) is 1. The molecule has 0 saturated carbocycles. The Hall–Kier alpha value is -1.35. The maximum Gasteiger partial charge on any atom is 0.303 e. The van der Waals surface area contributed by atoms with Crippen molar-refractivity contribution in [2.75, 3.05) is 6.61 Å². The number of carboxylic acids is 1. The molecule has 0 radical (unpaired) electrons. The summed E-state index contributed by atoms with van der Waals surface area (Å²) >= 11 is 0. The molecule has 1 rings (SSSR count). The number of carboxylic acid groups (broad SMARTS) is 1. The van der Waals surface area contributed by atoms with E-state index in [1.54, 1.807) is 0 Å². The maximum absolute atomic E-state index is 10.3. The number of aryl methyl sites for hydroxylation is 2. The van der Waals surface area contributed by atoms with Gasteiger partial charge in [0.15, 0.2) is 0 Å². The molecule has 0 spiro atoms. The zero-order valence-corrected chi connectivity index (χ0v) is 9.82. The van der Waals surface area contributed by atoms with Gasteiger partial charge in [0.05, 0.1) is 6.61 Å². The summed E-state index contributed by atoms with van der Waals surface area (Å²) in [5.41, 5.74) is 3.65. The van der Waals surface area contributed by atoms with Crippen molar-refractivity contribution in [3.05, 3.63) is 34.9 Å². The quantitative estimate of drug-likeness (QED) is 0.753. The number of ether oxygens (including phenoxy) is 1. The first-order valence-corrected chi connectivity index (χ1v) is 5.46. The molecule has 0 amide bonds. The SMILES string of the molecule is Cc1cccc(C)c1COCCCC(=O)O. The van der Waals surface area contributed by atoms with Crippen LogP contribution in [0.5, 0.6) is 0 Å². The lowest BCUT2D eigenvalue weighted by atomic mass is 10.0. The number of aliphatic carboxylic acids is 1. The van der Waals surface area contributed by atoms with E-state index < -0.39 is 5.97 Å². The predicted molar refractivity (Wildman–Crippen MR) is 62.4 cm³/mol. The molecule has 0 heterocycles. The average Bonchev–Trinajstić information content (AvgIpc) is 2.21. The second-order valence-corrected chi connectivity index (χ2v) is 3.92. The summed E-state index contributed by atoms with van der Waals surface area (Å²) in [5.74, 6) is -0.768. The van der Waals surface area contributed by atoms with Crippen LogP contribution in [-0.2, 0) is 16.1 Å². The Labute approximate surface area is 96.1 Å². The van der Waals surface area contributed by atoms with Gasteiger partial charge in [-0.25, -0.2) is 0 Å². The molecule has 0 unspecified atom stereocenters. The van der Waals surface area contributed by atoms with Crippen molar-refractivity contribution >= 4 is 5.97 Å². The molecule has 3 heteroatoms. The minimum absolute atomic E-state index is 0.173. The Morgan fingerprint density at radius 1 is 1.31 bits per heavy atom. The van der Waals surface area contributed by atoms with Crippen molar-refractivity contribution in [1.29, 1.82) is 0 Å². The zero-order valence-electron chi connectivity index (χ0n) is 9.82. The van der Waals surface area contributed by atoms with Gasteiger partial charge in [0.25, 0.3) is 0 Å². The molecule has 0 atom stereocenters. The van der Waals surface area contributed by atoms with E-state index in [-0.39, 0.29) is 6.42 Å². The van der Waals surface area contributed by atoms with E-state index in [1.165, 1.54) is 16.7 Å². The molecular weight excluding hydrogens is 204 g/mol. The van der Waals surface area contributed by atoms with Crippen molar-refractivity contribution < 1.29 is 14.6 Å². The minimum atomic E-state index is -0.768. The zero-order chi connectivity index (χ0) is 12.0. The lowest BCUT2D eigenvalue weighted by Gasteiger charge is -2.09. The van der Waals surface area contributed by atoms with E-state index >= 15 is 0 Å². The van der Waals surface area contributed by atoms with Gasteiger partial charge in [0.1, 0.15) is 0 Å². The molecule has 3 nitrogen and oxygen atoms in total. The Bertz CT molecular complexity index is 338. The summed E-state index contributed by atoms with van der Waals surface area (Å²) in [7, 11) is 0. The van der Waals surface area contributed by atoms with Crippen LogP contribution in [0.25, 0.3) is 0 Å². The van der Waals surface area contributed by atoms with E-state index in [0.29, 0.717) is 19.6 Å². The lowest BCUT2D eigenvalue weighted by molar-refractivity contribution is -0.137. The van der Waals surface area contributed by atoms with E-state index in [2.05, 4.69) is 26.0 Å². The van der Waals surface area contributed by atoms with Gasteiger partial charge in [-0.3, -0.25) is 4.79 Å². The third-order valence-corrected chi connectivity index (χ3v) is 2.57. The van der Waals surface area contributed by atoms with E-state index in [4.69, 9.17) is 9.84 Å². The van der Waals surface area contributed by atoms with Gasteiger partial charge in [-0.1, -0.05) is 18.2 Å². The highest BCUT2D eigenvalue weighted by atomic mass is 16.5. The smallest absolute Gasteiger partial charge is 0.303 e. The largest absolute Gasteiger partial charge is 0.481 e. The highest BCUT2D eigenvalue weighted by molar-refractivity contribution is 5.66. The van der Waals surface area contributed by atoms with Crippen molar-refractivity contribution in [2.45, 2.75) is 33.3 Å². The summed E-state index contributed by atoms with van der Waals surface area (Å²) in [6, 6.07) is 6.14. The number of rotatable bonds is 6. The Kier molecular flexibility index (Phi) is 4.99. The van der Waals surface area contributed by atoms with Crippen molar-refractivity contribution in [1.82, 2.24) is 0 Å². The second kappa shape index (κ2) is 6.28. The van der Waals surface area contributed by atoms with Crippen molar-refractivity contribution in [2.24, 2.45) is 0 Å². The molecule has 0 saturated heterocycles. The van der Waals surface area contributed by atoms with Crippen LogP contribution < -0.4 is 0 Å². The van der Waals surface area contributed by atoms with Crippen LogP contribution in [0.3, 0.4) is 0 Å². The van der Waals surface area contributed by atoms with Crippen LogP contribution in [0.15, 0.2) is 18.2 Å². The molecule has 1 aromatic carbocycles. The van der Waals surface area contributed by atoms with Gasteiger partial charge in [0, 0.05) is 13.0 Å². The van der Waals surface area contributed by atoms with E-state index in [9.17, 15) is 4.79 Å². The highest BCUT2D eigenvalue weighted by Crippen LogP contribution is 2.14. The maximum atomic E-state index is 10.3.